The number of benzene rings is 1. The highest BCUT2D eigenvalue weighted by Gasteiger charge is 2.42. The molecule has 0 radical (unpaired) electrons. The third-order valence-corrected chi connectivity index (χ3v) is 4.01. The maximum absolute atomic E-state index is 12.4. The summed E-state index contributed by atoms with van der Waals surface area (Å²) in [5, 5.41) is 12.0. The van der Waals surface area contributed by atoms with E-state index in [1.54, 1.807) is 32.2 Å². The molecule has 1 aliphatic rings. The number of aliphatic carboxylic acids is 1. The molecule has 2 N–H and O–H groups in total. The van der Waals surface area contributed by atoms with Gasteiger partial charge in [0.2, 0.25) is 0 Å². The lowest BCUT2D eigenvalue weighted by molar-refractivity contribution is -0.146. The van der Waals surface area contributed by atoms with Crippen LogP contribution in [0.2, 0.25) is 0 Å². The van der Waals surface area contributed by atoms with E-state index in [9.17, 15) is 14.7 Å². The van der Waals surface area contributed by atoms with Gasteiger partial charge >= 0.3 is 12.0 Å². The summed E-state index contributed by atoms with van der Waals surface area (Å²) in [6, 6.07) is 4.81. The molecule has 1 heterocycles. The van der Waals surface area contributed by atoms with Crippen LogP contribution in [-0.2, 0) is 4.79 Å². The quantitative estimate of drug-likeness (QED) is 0.869. The maximum Gasteiger partial charge on any atom is 0.321 e. The van der Waals surface area contributed by atoms with Crippen molar-refractivity contribution in [1.82, 2.24) is 4.90 Å². The molecule has 0 spiro atoms. The highest BCUT2D eigenvalue weighted by atomic mass is 16.5. The zero-order valence-corrected chi connectivity index (χ0v) is 13.6. The summed E-state index contributed by atoms with van der Waals surface area (Å²) in [6.45, 7) is 4.56. The minimum atomic E-state index is -0.894. The van der Waals surface area contributed by atoms with E-state index in [4.69, 9.17) is 9.47 Å². The Bertz CT molecular complexity index is 604. The van der Waals surface area contributed by atoms with Gasteiger partial charge in [-0.1, -0.05) is 0 Å². The number of amides is 2. The summed E-state index contributed by atoms with van der Waals surface area (Å²) in [5.74, 6) is 0.256. The SMILES string of the molecule is CCOc1ccc(OC)cc1NC(=O)N1CCC(C)(C(=O)O)C1. The van der Waals surface area contributed by atoms with Gasteiger partial charge in [0, 0.05) is 19.2 Å². The molecule has 0 saturated carbocycles. The first-order chi connectivity index (χ1) is 10.9. The second-order valence-corrected chi connectivity index (χ2v) is 5.76. The number of carbonyl (C=O) groups excluding carboxylic acids is 1. The van der Waals surface area contributed by atoms with Crippen molar-refractivity contribution < 1.29 is 24.2 Å². The standard InChI is InChI=1S/C16H22N2O5/c1-4-23-13-6-5-11(22-3)9-12(13)17-15(21)18-8-7-16(2,10-18)14(19)20/h5-6,9H,4,7-8,10H2,1-3H3,(H,17,21)(H,19,20). The Hall–Kier alpha value is -2.44. The third-order valence-electron chi connectivity index (χ3n) is 4.01. The number of nitrogens with one attached hydrogen (secondary N) is 1. The molecular formula is C16H22N2O5. The van der Waals surface area contributed by atoms with Crippen molar-refractivity contribution in [2.24, 2.45) is 5.41 Å². The minimum Gasteiger partial charge on any atom is -0.497 e. The number of methoxy groups -OCH3 is 1. The van der Waals surface area contributed by atoms with E-state index in [0.29, 0.717) is 36.8 Å². The van der Waals surface area contributed by atoms with Crippen molar-refractivity contribution in [3.8, 4) is 11.5 Å². The van der Waals surface area contributed by atoms with Crippen molar-refractivity contribution in [1.29, 1.82) is 0 Å². The largest absolute Gasteiger partial charge is 0.497 e. The third kappa shape index (κ3) is 3.67. The van der Waals surface area contributed by atoms with Crippen LogP contribution in [-0.4, -0.2) is 48.8 Å². The molecule has 7 nitrogen and oxygen atoms in total. The number of nitrogens with zero attached hydrogens (tertiary/aromatic N) is 1. The van der Waals surface area contributed by atoms with Gasteiger partial charge in [0.05, 0.1) is 24.8 Å². The predicted molar refractivity (Wildman–Crippen MR) is 85.1 cm³/mol. The number of likely N-dealkylation sites (tertiary alicyclic amines) is 1. The first-order valence-electron chi connectivity index (χ1n) is 7.50. The average molecular weight is 322 g/mol. The lowest BCUT2D eigenvalue weighted by Crippen LogP contribution is -2.37. The number of carboxylic acid groups (broad SMARTS) is 1. The first kappa shape index (κ1) is 16.9. The van der Waals surface area contributed by atoms with Gasteiger partial charge < -0.3 is 24.8 Å². The second-order valence-electron chi connectivity index (χ2n) is 5.76. The van der Waals surface area contributed by atoms with Crippen LogP contribution < -0.4 is 14.8 Å². The molecule has 1 aromatic rings. The van der Waals surface area contributed by atoms with E-state index in [1.807, 2.05) is 6.92 Å². The summed E-state index contributed by atoms with van der Waals surface area (Å²) in [6.07, 6.45) is 0.437. The van der Waals surface area contributed by atoms with Gasteiger partial charge in [0.25, 0.3) is 0 Å². The number of hydrogen-bond acceptors (Lipinski definition) is 4. The van der Waals surface area contributed by atoms with E-state index in [2.05, 4.69) is 5.32 Å². The van der Waals surface area contributed by atoms with E-state index in [-0.39, 0.29) is 12.6 Å². The molecule has 23 heavy (non-hydrogen) atoms. The molecule has 1 unspecified atom stereocenters. The fraction of sp³-hybridized carbons (Fsp3) is 0.500. The number of carboxylic acids is 1. The Morgan fingerprint density at radius 2 is 2.17 bits per heavy atom. The van der Waals surface area contributed by atoms with Crippen LogP contribution in [0.5, 0.6) is 11.5 Å². The second kappa shape index (κ2) is 6.76. The molecule has 0 aliphatic carbocycles. The Kier molecular flexibility index (Phi) is 4.98. The monoisotopic (exact) mass is 322 g/mol. The summed E-state index contributed by atoms with van der Waals surface area (Å²) in [5.41, 5.74) is -0.394. The Morgan fingerprint density at radius 1 is 1.43 bits per heavy atom. The molecule has 0 aromatic heterocycles. The molecule has 1 atom stereocenters. The smallest absolute Gasteiger partial charge is 0.321 e. The van der Waals surface area contributed by atoms with Gasteiger partial charge in [-0.25, -0.2) is 4.79 Å². The van der Waals surface area contributed by atoms with Gasteiger partial charge in [-0.15, -0.1) is 0 Å². The van der Waals surface area contributed by atoms with Crippen LogP contribution in [0.15, 0.2) is 18.2 Å². The first-order valence-corrected chi connectivity index (χ1v) is 7.50. The van der Waals surface area contributed by atoms with Crippen molar-refractivity contribution in [3.63, 3.8) is 0 Å². The van der Waals surface area contributed by atoms with Gasteiger partial charge in [0.15, 0.2) is 0 Å². The zero-order chi connectivity index (χ0) is 17.0. The van der Waals surface area contributed by atoms with Gasteiger partial charge in [0.1, 0.15) is 11.5 Å². The van der Waals surface area contributed by atoms with Crippen LogP contribution in [0.25, 0.3) is 0 Å². The molecule has 126 valence electrons. The highest BCUT2D eigenvalue weighted by molar-refractivity contribution is 5.92. The Labute approximate surface area is 135 Å². The molecule has 1 aliphatic heterocycles. The van der Waals surface area contributed by atoms with Crippen LogP contribution in [0.4, 0.5) is 10.5 Å². The van der Waals surface area contributed by atoms with Gasteiger partial charge in [-0.3, -0.25) is 4.79 Å². The van der Waals surface area contributed by atoms with Crippen molar-refractivity contribution in [3.05, 3.63) is 18.2 Å². The summed E-state index contributed by atoms with van der Waals surface area (Å²) in [7, 11) is 1.54. The number of rotatable bonds is 5. The molecular weight excluding hydrogens is 300 g/mol. The highest BCUT2D eigenvalue weighted by Crippen LogP contribution is 2.32. The minimum absolute atomic E-state index is 0.183. The van der Waals surface area contributed by atoms with Crippen LogP contribution in [0, 0.1) is 5.41 Å². The summed E-state index contributed by atoms with van der Waals surface area (Å²) >= 11 is 0. The lowest BCUT2D eigenvalue weighted by atomic mass is 9.90. The number of anilines is 1. The normalized spacial score (nSPS) is 20.2. The Morgan fingerprint density at radius 3 is 2.74 bits per heavy atom. The topological polar surface area (TPSA) is 88.1 Å². The number of urea groups is 1. The van der Waals surface area contributed by atoms with Crippen molar-refractivity contribution in [2.75, 3.05) is 32.1 Å². The summed E-state index contributed by atoms with van der Waals surface area (Å²) < 4.78 is 10.7. The van der Waals surface area contributed by atoms with E-state index in [1.165, 1.54) is 4.90 Å². The average Bonchev–Trinajstić information content (AvgIpc) is 2.93. The molecule has 1 fully saturated rings. The molecule has 2 rings (SSSR count). The van der Waals surface area contributed by atoms with Crippen molar-refractivity contribution in [2.45, 2.75) is 20.3 Å². The number of hydrogen-bond donors (Lipinski definition) is 2. The van der Waals surface area contributed by atoms with Gasteiger partial charge in [-0.2, -0.15) is 0 Å². The van der Waals surface area contributed by atoms with Crippen LogP contribution in [0.3, 0.4) is 0 Å². The predicted octanol–water partition coefficient (Wildman–Crippen LogP) is 2.42. The molecule has 1 saturated heterocycles. The fourth-order valence-corrected chi connectivity index (χ4v) is 2.52. The summed E-state index contributed by atoms with van der Waals surface area (Å²) in [4.78, 5) is 25.2. The number of ether oxygens (including phenoxy) is 2. The van der Waals surface area contributed by atoms with Crippen LogP contribution >= 0.6 is 0 Å². The van der Waals surface area contributed by atoms with Crippen LogP contribution in [0.1, 0.15) is 20.3 Å². The van der Waals surface area contributed by atoms with Gasteiger partial charge in [-0.05, 0) is 32.4 Å². The Balaban J connectivity index is 2.12. The zero-order valence-electron chi connectivity index (χ0n) is 13.6. The number of carbonyl (C=O) groups is 2. The molecule has 7 heteroatoms. The van der Waals surface area contributed by atoms with E-state index in [0.717, 1.165) is 0 Å². The van der Waals surface area contributed by atoms with E-state index >= 15 is 0 Å². The van der Waals surface area contributed by atoms with E-state index < -0.39 is 11.4 Å². The molecule has 1 aromatic carbocycles. The van der Waals surface area contributed by atoms with Crippen molar-refractivity contribution >= 4 is 17.7 Å². The maximum atomic E-state index is 12.4. The molecule has 2 amide bonds. The fourth-order valence-electron chi connectivity index (χ4n) is 2.52. The lowest BCUT2D eigenvalue weighted by Gasteiger charge is -2.21. The molecule has 0 bridgehead atoms.